The minimum Gasteiger partial charge on any atom is -0.383 e. The molecule has 3 heteroatoms. The lowest BCUT2D eigenvalue weighted by Crippen LogP contribution is -2.48. The van der Waals surface area contributed by atoms with Crippen molar-refractivity contribution in [3.05, 3.63) is 0 Å². The molecular weight excluding hydrogens is 200 g/mol. The van der Waals surface area contributed by atoms with E-state index < -0.39 is 0 Å². The van der Waals surface area contributed by atoms with Crippen molar-refractivity contribution in [3.8, 4) is 0 Å². The summed E-state index contributed by atoms with van der Waals surface area (Å²) in [6.07, 6.45) is 6.92. The van der Waals surface area contributed by atoms with E-state index in [2.05, 4.69) is 17.1 Å². The van der Waals surface area contributed by atoms with Crippen LogP contribution in [0.25, 0.3) is 0 Å². The van der Waals surface area contributed by atoms with E-state index in [1.54, 1.807) is 0 Å². The summed E-state index contributed by atoms with van der Waals surface area (Å²) in [5, 5.41) is 3.65. The van der Waals surface area contributed by atoms with E-state index in [1.807, 2.05) is 7.11 Å². The fourth-order valence-corrected chi connectivity index (χ4v) is 3.06. The Balaban J connectivity index is 1.89. The molecule has 1 N–H and O–H groups in total. The van der Waals surface area contributed by atoms with Gasteiger partial charge in [0.25, 0.3) is 0 Å². The molecule has 0 aromatic carbocycles. The van der Waals surface area contributed by atoms with Gasteiger partial charge in [0.2, 0.25) is 0 Å². The standard InChI is InChI=1S/C13H26N2O/c1-3-14-12-5-4-6-13(12)15(9-10-16-2)11-7-8-11/h11-14H,3-10H2,1-2H3. The van der Waals surface area contributed by atoms with Gasteiger partial charge in [0.1, 0.15) is 0 Å². The van der Waals surface area contributed by atoms with Gasteiger partial charge in [-0.3, -0.25) is 4.90 Å². The molecule has 0 amide bonds. The molecule has 0 heterocycles. The van der Waals surface area contributed by atoms with Crippen LogP contribution in [0.15, 0.2) is 0 Å². The van der Waals surface area contributed by atoms with Gasteiger partial charge < -0.3 is 10.1 Å². The lowest BCUT2D eigenvalue weighted by atomic mass is 10.1. The van der Waals surface area contributed by atoms with E-state index in [-0.39, 0.29) is 0 Å². The zero-order valence-corrected chi connectivity index (χ0v) is 10.7. The van der Waals surface area contributed by atoms with E-state index >= 15 is 0 Å². The van der Waals surface area contributed by atoms with Crippen molar-refractivity contribution in [2.45, 2.75) is 57.2 Å². The Hall–Kier alpha value is -0.120. The molecule has 0 aromatic heterocycles. The Labute approximate surface area is 99.5 Å². The van der Waals surface area contributed by atoms with Crippen molar-refractivity contribution < 1.29 is 4.74 Å². The van der Waals surface area contributed by atoms with E-state index in [0.29, 0.717) is 0 Å². The maximum absolute atomic E-state index is 5.24. The predicted octanol–water partition coefficient (Wildman–Crippen LogP) is 1.63. The van der Waals surface area contributed by atoms with Gasteiger partial charge >= 0.3 is 0 Å². The van der Waals surface area contributed by atoms with Gasteiger partial charge in [-0.2, -0.15) is 0 Å². The Kier molecular flexibility index (Phi) is 4.62. The highest BCUT2D eigenvalue weighted by Crippen LogP contribution is 2.34. The lowest BCUT2D eigenvalue weighted by molar-refractivity contribution is 0.104. The van der Waals surface area contributed by atoms with Crippen LogP contribution in [-0.4, -0.2) is 49.8 Å². The molecule has 2 atom stereocenters. The topological polar surface area (TPSA) is 24.5 Å². The fraction of sp³-hybridized carbons (Fsp3) is 1.00. The van der Waals surface area contributed by atoms with Gasteiger partial charge in [0.05, 0.1) is 6.61 Å². The van der Waals surface area contributed by atoms with Gasteiger partial charge in [0, 0.05) is 31.8 Å². The van der Waals surface area contributed by atoms with Crippen LogP contribution in [-0.2, 0) is 4.74 Å². The maximum Gasteiger partial charge on any atom is 0.0589 e. The predicted molar refractivity (Wildman–Crippen MR) is 66.7 cm³/mol. The normalized spacial score (nSPS) is 30.2. The van der Waals surface area contributed by atoms with Crippen LogP contribution in [0.4, 0.5) is 0 Å². The third-order valence-corrected chi connectivity index (χ3v) is 3.94. The summed E-state index contributed by atoms with van der Waals surface area (Å²) in [5.74, 6) is 0. The van der Waals surface area contributed by atoms with Crippen molar-refractivity contribution in [3.63, 3.8) is 0 Å². The number of nitrogens with zero attached hydrogens (tertiary/aromatic N) is 1. The molecule has 2 aliphatic rings. The average Bonchev–Trinajstić information content (AvgIpc) is 3.02. The quantitative estimate of drug-likeness (QED) is 0.714. The molecule has 2 saturated carbocycles. The van der Waals surface area contributed by atoms with E-state index in [4.69, 9.17) is 4.74 Å². The van der Waals surface area contributed by atoms with Gasteiger partial charge in [0.15, 0.2) is 0 Å². The minimum absolute atomic E-state index is 0.724. The molecule has 2 fully saturated rings. The average molecular weight is 226 g/mol. The minimum atomic E-state index is 0.724. The first-order valence-electron chi connectivity index (χ1n) is 6.85. The monoisotopic (exact) mass is 226 g/mol. The number of rotatable bonds is 7. The molecule has 2 aliphatic carbocycles. The summed E-state index contributed by atoms with van der Waals surface area (Å²) in [6, 6.07) is 2.35. The smallest absolute Gasteiger partial charge is 0.0589 e. The molecule has 0 radical (unpaired) electrons. The van der Waals surface area contributed by atoms with Crippen molar-refractivity contribution in [1.82, 2.24) is 10.2 Å². The number of hydrogen-bond donors (Lipinski definition) is 1. The largest absolute Gasteiger partial charge is 0.383 e. The molecule has 16 heavy (non-hydrogen) atoms. The first kappa shape index (κ1) is 12.3. The summed E-state index contributed by atoms with van der Waals surface area (Å²) in [6.45, 7) is 5.32. The number of nitrogens with one attached hydrogen (secondary N) is 1. The molecule has 0 aromatic rings. The van der Waals surface area contributed by atoms with Gasteiger partial charge in [-0.05, 0) is 32.2 Å². The molecule has 0 spiro atoms. The number of methoxy groups -OCH3 is 1. The second-order valence-corrected chi connectivity index (χ2v) is 5.12. The van der Waals surface area contributed by atoms with Crippen molar-refractivity contribution in [1.29, 1.82) is 0 Å². The summed E-state index contributed by atoms with van der Waals surface area (Å²) in [7, 11) is 1.81. The van der Waals surface area contributed by atoms with Crippen molar-refractivity contribution >= 4 is 0 Å². The van der Waals surface area contributed by atoms with Crippen LogP contribution >= 0.6 is 0 Å². The van der Waals surface area contributed by atoms with Crippen LogP contribution < -0.4 is 5.32 Å². The van der Waals surface area contributed by atoms with Gasteiger partial charge in [-0.15, -0.1) is 0 Å². The van der Waals surface area contributed by atoms with Gasteiger partial charge in [-0.1, -0.05) is 13.3 Å². The summed E-state index contributed by atoms with van der Waals surface area (Å²) < 4.78 is 5.24. The molecule has 0 bridgehead atoms. The third kappa shape index (κ3) is 2.96. The molecular formula is C13H26N2O. The van der Waals surface area contributed by atoms with E-state index in [0.717, 1.165) is 37.8 Å². The molecule has 3 nitrogen and oxygen atoms in total. The highest BCUT2D eigenvalue weighted by molar-refractivity contribution is 4.96. The molecule has 2 unspecified atom stereocenters. The summed E-state index contributed by atoms with van der Waals surface area (Å²) in [5.41, 5.74) is 0. The van der Waals surface area contributed by atoms with Crippen LogP contribution in [0.2, 0.25) is 0 Å². The van der Waals surface area contributed by atoms with Crippen LogP contribution in [0.3, 0.4) is 0 Å². The molecule has 94 valence electrons. The zero-order valence-electron chi connectivity index (χ0n) is 10.7. The Morgan fingerprint density at radius 3 is 2.69 bits per heavy atom. The first-order chi connectivity index (χ1) is 7.86. The van der Waals surface area contributed by atoms with Crippen molar-refractivity contribution in [2.75, 3.05) is 26.8 Å². The second-order valence-electron chi connectivity index (χ2n) is 5.12. The van der Waals surface area contributed by atoms with E-state index in [1.165, 1.54) is 32.1 Å². The summed E-state index contributed by atoms with van der Waals surface area (Å²) in [4.78, 5) is 2.71. The van der Waals surface area contributed by atoms with Crippen LogP contribution in [0, 0.1) is 0 Å². The Bertz CT molecular complexity index is 206. The van der Waals surface area contributed by atoms with Crippen LogP contribution in [0.1, 0.15) is 39.0 Å². The van der Waals surface area contributed by atoms with Gasteiger partial charge in [-0.25, -0.2) is 0 Å². The summed E-state index contributed by atoms with van der Waals surface area (Å²) >= 11 is 0. The molecule has 2 rings (SSSR count). The fourth-order valence-electron chi connectivity index (χ4n) is 3.06. The Morgan fingerprint density at radius 1 is 1.25 bits per heavy atom. The van der Waals surface area contributed by atoms with Crippen molar-refractivity contribution in [2.24, 2.45) is 0 Å². The highest BCUT2D eigenvalue weighted by atomic mass is 16.5. The van der Waals surface area contributed by atoms with Crippen LogP contribution in [0.5, 0.6) is 0 Å². The maximum atomic E-state index is 5.24. The first-order valence-corrected chi connectivity index (χ1v) is 6.85. The number of hydrogen-bond acceptors (Lipinski definition) is 3. The SMILES string of the molecule is CCNC1CCCC1N(CCOC)C1CC1. The molecule has 0 aliphatic heterocycles. The zero-order chi connectivity index (χ0) is 11.4. The third-order valence-electron chi connectivity index (χ3n) is 3.94. The second kappa shape index (κ2) is 5.99. The number of likely N-dealkylation sites (N-methyl/N-ethyl adjacent to an activating group) is 1. The highest BCUT2D eigenvalue weighted by Gasteiger charge is 2.38. The number of ether oxygens (including phenoxy) is 1. The lowest BCUT2D eigenvalue weighted by Gasteiger charge is -2.33. The Morgan fingerprint density at radius 2 is 2.06 bits per heavy atom. The molecule has 0 saturated heterocycles. The van der Waals surface area contributed by atoms with E-state index in [9.17, 15) is 0 Å².